The van der Waals surface area contributed by atoms with Crippen LogP contribution < -0.4 is 10.6 Å². The lowest BCUT2D eigenvalue weighted by Crippen LogP contribution is -2.42. The molecular formula is C17H22N2O4. The monoisotopic (exact) mass is 318 g/mol. The van der Waals surface area contributed by atoms with Gasteiger partial charge in [0.15, 0.2) is 0 Å². The van der Waals surface area contributed by atoms with E-state index in [0.717, 1.165) is 0 Å². The predicted octanol–water partition coefficient (Wildman–Crippen LogP) is 1.96. The first-order valence-electron chi connectivity index (χ1n) is 7.53. The van der Waals surface area contributed by atoms with E-state index in [2.05, 4.69) is 10.6 Å². The minimum atomic E-state index is -0.515. The maximum absolute atomic E-state index is 12.3. The van der Waals surface area contributed by atoms with Crippen LogP contribution in [0, 0.1) is 11.8 Å². The van der Waals surface area contributed by atoms with Gasteiger partial charge in [-0.15, -0.1) is 0 Å². The summed E-state index contributed by atoms with van der Waals surface area (Å²) >= 11 is 0. The van der Waals surface area contributed by atoms with Crippen LogP contribution in [0.4, 0.5) is 5.69 Å². The molecule has 1 aliphatic carbocycles. The second-order valence-electron chi connectivity index (χ2n) is 6.71. The van der Waals surface area contributed by atoms with Crippen LogP contribution in [-0.2, 0) is 14.3 Å². The fraction of sp³-hybridized carbons (Fsp3) is 0.471. The van der Waals surface area contributed by atoms with Crippen LogP contribution in [0.1, 0.15) is 37.6 Å². The highest BCUT2D eigenvalue weighted by Gasteiger charge is 2.48. The number of anilines is 1. The van der Waals surface area contributed by atoms with Crippen molar-refractivity contribution in [1.29, 1.82) is 0 Å². The van der Waals surface area contributed by atoms with Gasteiger partial charge in [0.2, 0.25) is 11.8 Å². The molecule has 0 radical (unpaired) electrons. The number of esters is 1. The number of para-hydroxylation sites is 1. The molecule has 0 spiro atoms. The van der Waals surface area contributed by atoms with Crippen molar-refractivity contribution in [2.75, 3.05) is 12.4 Å². The van der Waals surface area contributed by atoms with E-state index in [1.165, 1.54) is 7.11 Å². The summed E-state index contributed by atoms with van der Waals surface area (Å²) in [7, 11) is 1.29. The van der Waals surface area contributed by atoms with E-state index in [0.29, 0.717) is 17.7 Å². The number of amides is 2. The van der Waals surface area contributed by atoms with Crippen molar-refractivity contribution in [3.63, 3.8) is 0 Å². The van der Waals surface area contributed by atoms with Crippen molar-refractivity contribution in [2.45, 2.75) is 32.7 Å². The second kappa shape index (κ2) is 6.40. The largest absolute Gasteiger partial charge is 0.465 e. The Morgan fingerprint density at radius 1 is 1.09 bits per heavy atom. The highest BCUT2D eigenvalue weighted by molar-refractivity contribution is 6.04. The van der Waals surface area contributed by atoms with Gasteiger partial charge in [-0.1, -0.05) is 12.1 Å². The Labute approximate surface area is 135 Å². The molecule has 0 saturated heterocycles. The van der Waals surface area contributed by atoms with E-state index in [1.54, 1.807) is 24.3 Å². The summed E-state index contributed by atoms with van der Waals surface area (Å²) in [6, 6.07) is 6.63. The molecule has 6 nitrogen and oxygen atoms in total. The predicted molar refractivity (Wildman–Crippen MR) is 85.9 cm³/mol. The number of benzene rings is 1. The lowest BCUT2D eigenvalue weighted by molar-refractivity contribution is -0.126. The summed E-state index contributed by atoms with van der Waals surface area (Å²) in [5.74, 6) is -1.55. The molecule has 1 aliphatic rings. The number of methoxy groups -OCH3 is 1. The quantitative estimate of drug-likeness (QED) is 0.831. The van der Waals surface area contributed by atoms with Crippen LogP contribution in [-0.4, -0.2) is 30.4 Å². The molecule has 2 atom stereocenters. The van der Waals surface area contributed by atoms with Crippen molar-refractivity contribution in [1.82, 2.24) is 5.32 Å². The van der Waals surface area contributed by atoms with Gasteiger partial charge in [-0.25, -0.2) is 4.79 Å². The molecule has 1 aromatic rings. The molecular weight excluding hydrogens is 296 g/mol. The van der Waals surface area contributed by atoms with Gasteiger partial charge in [0.1, 0.15) is 0 Å². The number of hydrogen-bond donors (Lipinski definition) is 2. The van der Waals surface area contributed by atoms with Gasteiger partial charge in [-0.2, -0.15) is 0 Å². The topological polar surface area (TPSA) is 84.5 Å². The Hall–Kier alpha value is -2.37. The van der Waals surface area contributed by atoms with Gasteiger partial charge >= 0.3 is 5.97 Å². The molecule has 1 aromatic carbocycles. The molecule has 2 rings (SSSR count). The SMILES string of the molecule is COC(=O)c1ccccc1NC(=O)C1CC1C(=O)NC(C)(C)C. The number of ether oxygens (including phenoxy) is 1. The Morgan fingerprint density at radius 2 is 1.70 bits per heavy atom. The Balaban J connectivity index is 2.00. The first-order chi connectivity index (χ1) is 10.7. The van der Waals surface area contributed by atoms with E-state index < -0.39 is 5.97 Å². The van der Waals surface area contributed by atoms with Crippen LogP contribution in [0.2, 0.25) is 0 Å². The molecule has 2 amide bonds. The van der Waals surface area contributed by atoms with Crippen molar-refractivity contribution in [2.24, 2.45) is 11.8 Å². The third-order valence-corrected chi connectivity index (χ3v) is 3.55. The number of carbonyl (C=O) groups excluding carboxylic acids is 3. The number of nitrogens with one attached hydrogen (secondary N) is 2. The van der Waals surface area contributed by atoms with Gasteiger partial charge in [0, 0.05) is 5.54 Å². The molecule has 1 saturated carbocycles. The van der Waals surface area contributed by atoms with E-state index in [9.17, 15) is 14.4 Å². The standard InChI is InChI=1S/C17H22N2O4/c1-17(2,3)19-15(21)12-9-11(12)14(20)18-13-8-6-5-7-10(13)16(22)23-4/h5-8,11-12H,9H2,1-4H3,(H,18,20)(H,19,21). The van der Waals surface area contributed by atoms with Crippen molar-refractivity contribution in [3.8, 4) is 0 Å². The maximum atomic E-state index is 12.3. The first-order valence-corrected chi connectivity index (χ1v) is 7.53. The third kappa shape index (κ3) is 4.31. The molecule has 23 heavy (non-hydrogen) atoms. The van der Waals surface area contributed by atoms with Crippen molar-refractivity contribution < 1.29 is 19.1 Å². The first kappa shape index (κ1) is 17.0. The average Bonchev–Trinajstić information content (AvgIpc) is 3.26. The molecule has 0 aliphatic heterocycles. The maximum Gasteiger partial charge on any atom is 0.339 e. The number of rotatable bonds is 4. The van der Waals surface area contributed by atoms with E-state index in [4.69, 9.17) is 4.74 Å². The molecule has 2 unspecified atom stereocenters. The average molecular weight is 318 g/mol. The summed E-state index contributed by atoms with van der Waals surface area (Å²) < 4.78 is 4.69. The normalized spacial score (nSPS) is 19.7. The van der Waals surface area contributed by atoms with Gasteiger partial charge in [-0.05, 0) is 39.3 Å². The van der Waals surface area contributed by atoms with E-state index in [1.807, 2.05) is 20.8 Å². The molecule has 2 N–H and O–H groups in total. The van der Waals surface area contributed by atoms with Gasteiger partial charge < -0.3 is 15.4 Å². The Bertz CT molecular complexity index is 634. The fourth-order valence-corrected chi connectivity index (χ4v) is 2.34. The third-order valence-electron chi connectivity index (χ3n) is 3.55. The minimum absolute atomic E-state index is 0.112. The zero-order valence-electron chi connectivity index (χ0n) is 13.8. The summed E-state index contributed by atoms with van der Waals surface area (Å²) in [5.41, 5.74) is 0.365. The smallest absolute Gasteiger partial charge is 0.339 e. The summed E-state index contributed by atoms with van der Waals surface area (Å²) in [5, 5.41) is 5.59. The highest BCUT2D eigenvalue weighted by Crippen LogP contribution is 2.40. The fourth-order valence-electron chi connectivity index (χ4n) is 2.34. The molecule has 6 heteroatoms. The van der Waals surface area contributed by atoms with Crippen LogP contribution in [0.3, 0.4) is 0 Å². The molecule has 1 fully saturated rings. The van der Waals surface area contributed by atoms with Crippen LogP contribution in [0.15, 0.2) is 24.3 Å². The lowest BCUT2D eigenvalue weighted by atomic mass is 10.1. The molecule has 124 valence electrons. The summed E-state index contributed by atoms with van der Waals surface area (Å²) in [4.78, 5) is 36.0. The Kier molecular flexibility index (Phi) is 4.73. The summed E-state index contributed by atoms with van der Waals surface area (Å²) in [6.45, 7) is 5.69. The van der Waals surface area contributed by atoms with Crippen LogP contribution >= 0.6 is 0 Å². The second-order valence-corrected chi connectivity index (χ2v) is 6.71. The zero-order valence-corrected chi connectivity index (χ0v) is 13.8. The van der Waals surface area contributed by atoms with E-state index in [-0.39, 0.29) is 29.2 Å². The summed E-state index contributed by atoms with van der Waals surface area (Å²) in [6.07, 6.45) is 0.522. The van der Waals surface area contributed by atoms with Gasteiger partial charge in [-0.3, -0.25) is 9.59 Å². The van der Waals surface area contributed by atoms with Crippen LogP contribution in [0.25, 0.3) is 0 Å². The zero-order chi connectivity index (χ0) is 17.2. The number of carbonyl (C=O) groups is 3. The van der Waals surface area contributed by atoms with Gasteiger partial charge in [0.05, 0.1) is 30.2 Å². The molecule has 0 heterocycles. The molecule has 0 bridgehead atoms. The van der Waals surface area contributed by atoms with Gasteiger partial charge in [0.25, 0.3) is 0 Å². The van der Waals surface area contributed by atoms with E-state index >= 15 is 0 Å². The number of hydrogen-bond acceptors (Lipinski definition) is 4. The molecule has 0 aromatic heterocycles. The van der Waals surface area contributed by atoms with Crippen molar-refractivity contribution in [3.05, 3.63) is 29.8 Å². The Morgan fingerprint density at radius 3 is 2.30 bits per heavy atom. The lowest BCUT2D eigenvalue weighted by Gasteiger charge is -2.20. The van der Waals surface area contributed by atoms with Crippen molar-refractivity contribution >= 4 is 23.5 Å². The van der Waals surface area contributed by atoms with Crippen LogP contribution in [0.5, 0.6) is 0 Å². The minimum Gasteiger partial charge on any atom is -0.465 e. The highest BCUT2D eigenvalue weighted by atomic mass is 16.5.